The van der Waals surface area contributed by atoms with Gasteiger partial charge in [-0.25, -0.2) is 0 Å². The first-order chi connectivity index (χ1) is 8.40. The Hall–Kier alpha value is -0.420. The first kappa shape index (κ1) is 14.0. The van der Waals surface area contributed by atoms with Crippen LogP contribution in [0.1, 0.15) is 18.4 Å². The predicted octanol–water partition coefficient (Wildman–Crippen LogP) is 4.77. The summed E-state index contributed by atoms with van der Waals surface area (Å²) in [6, 6.07) is 5.14. The maximum Gasteiger partial charge on any atom is 0.405 e. The van der Waals surface area contributed by atoms with Crippen LogP contribution in [0.15, 0.2) is 18.2 Å². The smallest absolute Gasteiger partial charge is 0.358 e. The number of halogens is 5. The fourth-order valence-electron chi connectivity index (χ4n) is 1.86. The fourth-order valence-corrected chi connectivity index (χ4v) is 2.52. The largest absolute Gasteiger partial charge is 0.405 e. The highest BCUT2D eigenvalue weighted by Crippen LogP contribution is 2.38. The Morgan fingerprint density at radius 1 is 1.33 bits per heavy atom. The molecule has 0 spiro atoms. The van der Waals surface area contributed by atoms with Gasteiger partial charge >= 0.3 is 6.18 Å². The van der Waals surface area contributed by atoms with Crippen molar-refractivity contribution >= 4 is 33.2 Å². The van der Waals surface area contributed by atoms with E-state index in [4.69, 9.17) is 11.6 Å². The minimum Gasteiger partial charge on any atom is -0.358 e. The quantitative estimate of drug-likeness (QED) is 0.713. The minimum absolute atomic E-state index is 0.0288. The third-order valence-corrected chi connectivity index (χ3v) is 3.76. The number of anilines is 1. The Balaban J connectivity index is 2.25. The van der Waals surface area contributed by atoms with Crippen molar-refractivity contribution in [2.24, 2.45) is 0 Å². The molecule has 100 valence electrons. The average Bonchev–Trinajstić information content (AvgIpc) is 3.08. The van der Waals surface area contributed by atoms with Gasteiger partial charge < -0.3 is 4.90 Å². The topological polar surface area (TPSA) is 3.24 Å². The molecular weight excluding hydrogens is 330 g/mol. The average molecular weight is 343 g/mol. The van der Waals surface area contributed by atoms with E-state index in [-0.39, 0.29) is 6.04 Å². The second-order valence-electron chi connectivity index (χ2n) is 4.39. The molecule has 1 aliphatic carbocycles. The number of alkyl halides is 4. The molecule has 0 saturated heterocycles. The molecule has 2 rings (SSSR count). The van der Waals surface area contributed by atoms with Gasteiger partial charge in [0.25, 0.3) is 0 Å². The molecule has 0 unspecified atom stereocenters. The van der Waals surface area contributed by atoms with E-state index in [0.717, 1.165) is 18.4 Å². The summed E-state index contributed by atoms with van der Waals surface area (Å²) in [5, 5.41) is 1.01. The molecule has 18 heavy (non-hydrogen) atoms. The molecule has 1 saturated carbocycles. The lowest BCUT2D eigenvalue weighted by Gasteiger charge is -2.27. The van der Waals surface area contributed by atoms with Crippen molar-refractivity contribution in [2.45, 2.75) is 30.4 Å². The van der Waals surface area contributed by atoms with Crippen LogP contribution in [0.2, 0.25) is 5.02 Å². The molecule has 0 radical (unpaired) electrons. The number of rotatable bonds is 4. The number of nitrogens with zero attached hydrogens (tertiary/aromatic N) is 1. The van der Waals surface area contributed by atoms with E-state index in [1.165, 1.54) is 4.90 Å². The Labute approximate surface area is 117 Å². The molecule has 0 N–H and O–H groups in total. The van der Waals surface area contributed by atoms with Crippen molar-refractivity contribution in [1.29, 1.82) is 0 Å². The van der Waals surface area contributed by atoms with Gasteiger partial charge in [-0.05, 0) is 30.5 Å². The van der Waals surface area contributed by atoms with Crippen molar-refractivity contribution in [2.75, 3.05) is 11.4 Å². The van der Waals surface area contributed by atoms with E-state index in [0.29, 0.717) is 16.0 Å². The Morgan fingerprint density at radius 2 is 2.00 bits per heavy atom. The zero-order valence-electron chi connectivity index (χ0n) is 9.47. The van der Waals surface area contributed by atoms with E-state index < -0.39 is 12.7 Å². The maximum absolute atomic E-state index is 12.6. The SMILES string of the molecule is FC(F)(F)CN(c1ccc(CBr)cc1Cl)C1CC1. The number of benzene rings is 1. The summed E-state index contributed by atoms with van der Waals surface area (Å²) in [5.74, 6) is 0. The molecule has 0 aliphatic heterocycles. The van der Waals surface area contributed by atoms with E-state index in [2.05, 4.69) is 15.9 Å². The van der Waals surface area contributed by atoms with Gasteiger partial charge in [-0.3, -0.25) is 0 Å². The molecule has 0 aromatic heterocycles. The maximum atomic E-state index is 12.6. The third-order valence-electron chi connectivity index (χ3n) is 2.81. The van der Waals surface area contributed by atoms with Gasteiger partial charge in [0.1, 0.15) is 6.54 Å². The molecule has 1 aliphatic rings. The zero-order valence-corrected chi connectivity index (χ0v) is 11.8. The summed E-state index contributed by atoms with van der Waals surface area (Å²) in [6.45, 7) is -0.939. The second kappa shape index (κ2) is 5.29. The minimum atomic E-state index is -4.21. The highest BCUT2D eigenvalue weighted by molar-refractivity contribution is 9.08. The Morgan fingerprint density at radius 3 is 2.44 bits per heavy atom. The van der Waals surface area contributed by atoms with Crippen molar-refractivity contribution in [1.82, 2.24) is 0 Å². The molecule has 6 heteroatoms. The monoisotopic (exact) mass is 341 g/mol. The van der Waals surface area contributed by atoms with Crippen LogP contribution < -0.4 is 4.90 Å². The van der Waals surface area contributed by atoms with Crippen LogP contribution in [-0.2, 0) is 5.33 Å². The lowest BCUT2D eigenvalue weighted by atomic mass is 10.2. The zero-order chi connectivity index (χ0) is 13.3. The van der Waals surface area contributed by atoms with Crippen LogP contribution in [0.4, 0.5) is 18.9 Å². The Bertz CT molecular complexity index is 432. The van der Waals surface area contributed by atoms with Gasteiger partial charge in [0, 0.05) is 11.4 Å². The molecule has 0 amide bonds. The number of hydrogen-bond donors (Lipinski definition) is 0. The van der Waals surface area contributed by atoms with Gasteiger partial charge in [-0.15, -0.1) is 0 Å². The summed E-state index contributed by atoms with van der Waals surface area (Å²) in [7, 11) is 0. The molecule has 0 heterocycles. The predicted molar refractivity (Wildman–Crippen MR) is 70.5 cm³/mol. The third kappa shape index (κ3) is 3.54. The standard InChI is InChI=1S/C12H12BrClF3N/c13-6-8-1-4-11(10(14)5-8)18(9-2-3-9)7-12(15,16)17/h1,4-5,9H,2-3,6-7H2. The molecule has 0 atom stereocenters. The lowest BCUT2D eigenvalue weighted by Crippen LogP contribution is -2.36. The lowest BCUT2D eigenvalue weighted by molar-refractivity contribution is -0.119. The summed E-state index contributed by atoms with van der Waals surface area (Å²) in [4.78, 5) is 1.36. The van der Waals surface area contributed by atoms with Crippen LogP contribution in [0, 0.1) is 0 Å². The van der Waals surface area contributed by atoms with E-state index >= 15 is 0 Å². The van der Waals surface area contributed by atoms with Crippen molar-refractivity contribution in [3.05, 3.63) is 28.8 Å². The molecule has 0 bridgehead atoms. The second-order valence-corrected chi connectivity index (χ2v) is 5.36. The number of hydrogen-bond acceptors (Lipinski definition) is 1. The highest BCUT2D eigenvalue weighted by atomic mass is 79.9. The summed E-state index contributed by atoms with van der Waals surface area (Å²) in [6.07, 6.45) is -2.61. The first-order valence-corrected chi connectivity index (χ1v) is 7.08. The van der Waals surface area contributed by atoms with Crippen molar-refractivity contribution in [3.63, 3.8) is 0 Å². The highest BCUT2D eigenvalue weighted by Gasteiger charge is 2.38. The van der Waals surface area contributed by atoms with Gasteiger partial charge in [-0.2, -0.15) is 13.2 Å². The molecule has 1 aromatic rings. The van der Waals surface area contributed by atoms with Crippen LogP contribution in [0.25, 0.3) is 0 Å². The van der Waals surface area contributed by atoms with Crippen LogP contribution in [0.5, 0.6) is 0 Å². The van der Waals surface area contributed by atoms with Crippen LogP contribution >= 0.6 is 27.5 Å². The molecule has 1 nitrogen and oxygen atoms in total. The van der Waals surface area contributed by atoms with Gasteiger partial charge in [0.15, 0.2) is 0 Å². The fraction of sp³-hybridized carbons (Fsp3) is 0.500. The van der Waals surface area contributed by atoms with Gasteiger partial charge in [0.2, 0.25) is 0 Å². The van der Waals surface area contributed by atoms with Crippen LogP contribution in [0.3, 0.4) is 0 Å². The Kier molecular flexibility index (Phi) is 4.11. The molecule has 1 fully saturated rings. The van der Waals surface area contributed by atoms with Crippen molar-refractivity contribution in [3.8, 4) is 0 Å². The van der Waals surface area contributed by atoms with E-state index in [9.17, 15) is 13.2 Å². The van der Waals surface area contributed by atoms with Gasteiger partial charge in [0.05, 0.1) is 10.7 Å². The normalized spacial score (nSPS) is 15.8. The van der Waals surface area contributed by atoms with Crippen LogP contribution in [-0.4, -0.2) is 18.8 Å². The first-order valence-electron chi connectivity index (χ1n) is 5.58. The summed E-state index contributed by atoms with van der Waals surface area (Å²) < 4.78 is 37.7. The molecule has 1 aromatic carbocycles. The summed E-state index contributed by atoms with van der Waals surface area (Å²) in [5.41, 5.74) is 1.42. The van der Waals surface area contributed by atoms with Gasteiger partial charge in [-0.1, -0.05) is 33.6 Å². The van der Waals surface area contributed by atoms with E-state index in [1.807, 2.05) is 0 Å². The summed E-state index contributed by atoms with van der Waals surface area (Å²) >= 11 is 9.36. The van der Waals surface area contributed by atoms with Crippen molar-refractivity contribution < 1.29 is 13.2 Å². The van der Waals surface area contributed by atoms with E-state index in [1.54, 1.807) is 18.2 Å². The molecular formula is C12H12BrClF3N.